The van der Waals surface area contributed by atoms with E-state index in [-0.39, 0.29) is 29.8 Å². The first kappa shape index (κ1) is 27.7. The van der Waals surface area contributed by atoms with E-state index in [1.807, 2.05) is 0 Å². The Morgan fingerprint density at radius 2 is 1.66 bits per heavy atom. The Hall–Kier alpha value is -4.87. The lowest BCUT2D eigenvalue weighted by molar-refractivity contribution is -0.139. The van der Waals surface area contributed by atoms with E-state index in [1.165, 1.54) is 36.1 Å². The monoisotopic (exact) mass is 522 g/mol. The van der Waals surface area contributed by atoms with Gasteiger partial charge >= 0.3 is 5.97 Å². The Kier molecular flexibility index (Phi) is 9.04. The summed E-state index contributed by atoms with van der Waals surface area (Å²) in [6.45, 7) is 0.305. The van der Waals surface area contributed by atoms with Gasteiger partial charge in [0.25, 0.3) is 11.8 Å². The molecule has 0 radical (unpaired) electrons. The summed E-state index contributed by atoms with van der Waals surface area (Å²) < 4.78 is 0. The van der Waals surface area contributed by atoms with Crippen LogP contribution in [0.2, 0.25) is 0 Å². The summed E-state index contributed by atoms with van der Waals surface area (Å²) >= 11 is 0. The first-order chi connectivity index (χ1) is 18.1. The highest BCUT2D eigenvalue weighted by atomic mass is 16.4. The average Bonchev–Trinajstić information content (AvgIpc) is 2.98. The average molecular weight is 523 g/mol. The first-order valence-corrected chi connectivity index (χ1v) is 11.6. The van der Waals surface area contributed by atoms with Crippen molar-refractivity contribution in [2.24, 2.45) is 0 Å². The highest BCUT2D eigenvalue weighted by Crippen LogP contribution is 2.33. The number of para-hydroxylation sites is 2. The van der Waals surface area contributed by atoms with Gasteiger partial charge in [-0.2, -0.15) is 0 Å². The Morgan fingerprint density at radius 1 is 1.03 bits per heavy atom. The number of carbonyl (C=O) groups is 7. The van der Waals surface area contributed by atoms with Gasteiger partial charge in [-0.25, -0.2) is 0 Å². The molecular weight excluding hydrogens is 496 g/mol. The number of aliphatic carboxylic acids is 1. The van der Waals surface area contributed by atoms with Crippen LogP contribution in [0.4, 0.5) is 11.4 Å². The molecule has 2 atom stereocenters. The van der Waals surface area contributed by atoms with Crippen LogP contribution in [0, 0.1) is 0 Å². The van der Waals surface area contributed by atoms with Crippen LogP contribution in [0.1, 0.15) is 30.1 Å². The summed E-state index contributed by atoms with van der Waals surface area (Å²) in [5, 5.41) is 13.8. The number of carbonyl (C=O) groups excluding carboxylic acids is 6. The lowest BCUT2D eigenvalue weighted by Gasteiger charge is -2.25. The number of benzene rings is 2. The fourth-order valence-corrected chi connectivity index (χ4v) is 3.95. The molecule has 0 aromatic heterocycles. The SMILES string of the molecule is CC(=O)CC(=O)N1CC(NC(=O)c2ccccc2)C(=O)N(CC(=O)N[C@H](C=O)CC(=O)O)c2ccccc21. The standard InChI is InChI=1S/C26H26N4O8/c1-16(32)11-23(34)29-13-19(28-25(37)17-7-3-2-4-8-17)26(38)30(21-10-6-5-9-20(21)29)14-22(33)27-18(15-31)12-24(35)36/h2-10,15,18-19H,11-14H2,1H3,(H,27,33)(H,28,37)(H,35,36)/t18-,19?/m0/s1. The van der Waals surface area contributed by atoms with Crippen LogP contribution in [-0.4, -0.2) is 71.9 Å². The van der Waals surface area contributed by atoms with Gasteiger partial charge in [0.2, 0.25) is 11.8 Å². The van der Waals surface area contributed by atoms with Crippen molar-refractivity contribution >= 4 is 53.0 Å². The molecule has 0 fully saturated rings. The number of carboxylic acid groups (broad SMARTS) is 1. The van der Waals surface area contributed by atoms with Crippen LogP contribution >= 0.6 is 0 Å². The smallest absolute Gasteiger partial charge is 0.305 e. The second-order valence-corrected chi connectivity index (χ2v) is 8.60. The second kappa shape index (κ2) is 12.4. The van der Waals surface area contributed by atoms with E-state index >= 15 is 0 Å². The molecule has 4 amide bonds. The quantitative estimate of drug-likeness (QED) is 0.295. The maximum atomic E-state index is 13.7. The predicted molar refractivity (Wildman–Crippen MR) is 134 cm³/mol. The maximum absolute atomic E-state index is 13.7. The van der Waals surface area contributed by atoms with Crippen molar-refractivity contribution in [3.63, 3.8) is 0 Å². The summed E-state index contributed by atoms with van der Waals surface area (Å²) in [4.78, 5) is 88.6. The number of hydrogen-bond acceptors (Lipinski definition) is 7. The highest BCUT2D eigenvalue weighted by molar-refractivity contribution is 6.13. The molecule has 1 unspecified atom stereocenters. The van der Waals surface area contributed by atoms with Crippen molar-refractivity contribution in [1.29, 1.82) is 0 Å². The lowest BCUT2D eigenvalue weighted by atomic mass is 10.1. The molecule has 2 aromatic rings. The minimum atomic E-state index is -1.32. The number of Topliss-reactive ketones (excluding diaryl/α,β-unsaturated/α-hetero) is 1. The third kappa shape index (κ3) is 6.87. The number of nitrogens with zero attached hydrogens (tertiary/aromatic N) is 2. The zero-order chi connectivity index (χ0) is 27.8. The third-order valence-corrected chi connectivity index (χ3v) is 5.64. The Morgan fingerprint density at radius 3 is 2.26 bits per heavy atom. The van der Waals surface area contributed by atoms with Crippen LogP contribution in [0.15, 0.2) is 54.6 Å². The fraction of sp³-hybridized carbons (Fsp3) is 0.269. The van der Waals surface area contributed by atoms with Gasteiger partial charge in [-0.1, -0.05) is 30.3 Å². The van der Waals surface area contributed by atoms with Crippen molar-refractivity contribution in [3.8, 4) is 0 Å². The molecule has 1 heterocycles. The largest absolute Gasteiger partial charge is 0.481 e. The summed E-state index contributed by atoms with van der Waals surface area (Å²) in [7, 11) is 0. The number of hydrogen-bond donors (Lipinski definition) is 3. The predicted octanol–water partition coefficient (Wildman–Crippen LogP) is 0.302. The molecule has 0 spiro atoms. The normalized spacial score (nSPS) is 15.5. The summed E-state index contributed by atoms with van der Waals surface area (Å²) in [6, 6.07) is 11.6. The number of amides is 4. The zero-order valence-corrected chi connectivity index (χ0v) is 20.5. The van der Waals surface area contributed by atoms with Crippen molar-refractivity contribution in [2.45, 2.75) is 31.8 Å². The summed E-state index contributed by atoms with van der Waals surface area (Å²) in [5.74, 6) is -4.46. The Bertz CT molecular complexity index is 1260. The van der Waals surface area contributed by atoms with Crippen LogP contribution in [0.3, 0.4) is 0 Å². The molecule has 0 bridgehead atoms. The van der Waals surface area contributed by atoms with E-state index < -0.39 is 66.9 Å². The molecule has 198 valence electrons. The minimum Gasteiger partial charge on any atom is -0.481 e. The molecule has 12 heteroatoms. The minimum absolute atomic E-state index is 0.155. The summed E-state index contributed by atoms with van der Waals surface area (Å²) in [5.41, 5.74) is 0.645. The number of aldehydes is 1. The Balaban J connectivity index is 1.99. The van der Waals surface area contributed by atoms with E-state index in [9.17, 15) is 33.6 Å². The molecule has 0 aliphatic carbocycles. The molecule has 1 aliphatic heterocycles. The van der Waals surface area contributed by atoms with Gasteiger partial charge in [0, 0.05) is 5.56 Å². The van der Waals surface area contributed by atoms with Gasteiger partial charge < -0.3 is 25.4 Å². The molecule has 3 rings (SSSR count). The van der Waals surface area contributed by atoms with Gasteiger partial charge in [-0.15, -0.1) is 0 Å². The third-order valence-electron chi connectivity index (χ3n) is 5.64. The zero-order valence-electron chi connectivity index (χ0n) is 20.5. The van der Waals surface area contributed by atoms with Crippen molar-refractivity contribution in [2.75, 3.05) is 22.9 Å². The molecule has 38 heavy (non-hydrogen) atoms. The molecular formula is C26H26N4O8. The first-order valence-electron chi connectivity index (χ1n) is 11.6. The van der Waals surface area contributed by atoms with Crippen LogP contribution in [-0.2, 0) is 28.8 Å². The number of anilines is 2. The molecule has 0 saturated carbocycles. The van der Waals surface area contributed by atoms with Crippen LogP contribution in [0.5, 0.6) is 0 Å². The number of carboxylic acids is 1. The van der Waals surface area contributed by atoms with E-state index in [0.29, 0.717) is 0 Å². The van der Waals surface area contributed by atoms with Gasteiger partial charge in [0.1, 0.15) is 24.7 Å². The van der Waals surface area contributed by atoms with Crippen LogP contribution in [0.25, 0.3) is 0 Å². The van der Waals surface area contributed by atoms with Crippen molar-refractivity contribution < 1.29 is 38.7 Å². The van der Waals surface area contributed by atoms with Crippen LogP contribution < -0.4 is 20.4 Å². The lowest BCUT2D eigenvalue weighted by Crippen LogP contribution is -2.54. The van der Waals surface area contributed by atoms with Gasteiger partial charge in [-0.05, 0) is 31.2 Å². The van der Waals surface area contributed by atoms with Gasteiger partial charge in [0.15, 0.2) is 0 Å². The van der Waals surface area contributed by atoms with Gasteiger partial charge in [-0.3, -0.25) is 33.7 Å². The topological polar surface area (TPSA) is 170 Å². The second-order valence-electron chi connectivity index (χ2n) is 8.60. The van der Waals surface area contributed by atoms with E-state index in [0.717, 1.165) is 4.90 Å². The maximum Gasteiger partial charge on any atom is 0.305 e. The number of rotatable bonds is 10. The van der Waals surface area contributed by atoms with E-state index in [1.54, 1.807) is 30.3 Å². The molecule has 0 saturated heterocycles. The number of fused-ring (bicyclic) bond motifs is 1. The van der Waals surface area contributed by atoms with E-state index in [4.69, 9.17) is 5.11 Å². The highest BCUT2D eigenvalue weighted by Gasteiger charge is 2.38. The number of ketones is 1. The molecule has 2 aromatic carbocycles. The number of nitrogens with one attached hydrogen (secondary N) is 2. The van der Waals surface area contributed by atoms with E-state index in [2.05, 4.69) is 10.6 Å². The Labute approximate surface area is 217 Å². The molecule has 3 N–H and O–H groups in total. The molecule has 1 aliphatic rings. The fourth-order valence-electron chi connectivity index (χ4n) is 3.95. The molecule has 12 nitrogen and oxygen atoms in total. The summed E-state index contributed by atoms with van der Waals surface area (Å²) in [6.07, 6.45) is -0.823. The van der Waals surface area contributed by atoms with Gasteiger partial charge in [0.05, 0.1) is 36.8 Å². The van der Waals surface area contributed by atoms with Crippen molar-refractivity contribution in [1.82, 2.24) is 10.6 Å². The van der Waals surface area contributed by atoms with Crippen molar-refractivity contribution in [3.05, 3.63) is 60.2 Å².